The lowest BCUT2D eigenvalue weighted by Crippen LogP contribution is -2.38. The van der Waals surface area contributed by atoms with Gasteiger partial charge >= 0.3 is 0 Å². The fraction of sp³-hybridized carbons (Fsp3) is 0.250. The molecule has 2 N–H and O–H groups in total. The van der Waals surface area contributed by atoms with Crippen molar-refractivity contribution in [3.8, 4) is 5.88 Å². The largest absolute Gasteiger partial charge is 0.481 e. The van der Waals surface area contributed by atoms with E-state index in [1.807, 2.05) is 61.5 Å². The van der Waals surface area contributed by atoms with E-state index in [-0.39, 0.29) is 12.0 Å². The second-order valence-electron chi connectivity index (χ2n) is 8.42. The number of nitrogens with one attached hydrogen (secondary N) is 1. The van der Waals surface area contributed by atoms with Crippen molar-refractivity contribution in [2.75, 3.05) is 20.2 Å². The Bertz CT molecular complexity index is 1320. The maximum absolute atomic E-state index is 15.3. The van der Waals surface area contributed by atoms with Crippen LogP contribution in [0, 0.1) is 11.6 Å². The second-order valence-corrected chi connectivity index (χ2v) is 9.34. The molecule has 7 heteroatoms. The highest BCUT2D eigenvalue weighted by Gasteiger charge is 2.43. The summed E-state index contributed by atoms with van der Waals surface area (Å²) in [6.07, 6.45) is 0.169. The number of hydrogen-bond acceptors (Lipinski definition) is 4. The molecule has 182 valence electrons. The summed E-state index contributed by atoms with van der Waals surface area (Å²) in [6, 6.07) is 20.3. The standard InChI is InChI=1S/C28H27BrF2N2O2/c1-3-32-14-13-28(34,23-11-10-21(30)17-24(23)31)26(18-7-5-4-6-8-18)22-16-19-15-20(29)9-12-25(19)33-27(22)35-2/h4-12,15-17,26,32,34H,3,13-14H2,1-2H3/t26?,28-/m1/s1. The van der Waals surface area contributed by atoms with Gasteiger partial charge in [-0.1, -0.05) is 59.3 Å². The zero-order valence-electron chi connectivity index (χ0n) is 19.6. The first-order chi connectivity index (χ1) is 16.9. The van der Waals surface area contributed by atoms with E-state index in [9.17, 15) is 9.50 Å². The molecule has 4 aromatic rings. The zero-order chi connectivity index (χ0) is 25.0. The third-order valence-electron chi connectivity index (χ3n) is 6.21. The summed E-state index contributed by atoms with van der Waals surface area (Å²) in [7, 11) is 1.52. The minimum Gasteiger partial charge on any atom is -0.481 e. The molecule has 0 aliphatic heterocycles. The summed E-state index contributed by atoms with van der Waals surface area (Å²) in [5, 5.41) is 16.5. The van der Waals surface area contributed by atoms with E-state index in [2.05, 4.69) is 21.2 Å². The number of aliphatic hydroxyl groups is 1. The molecule has 0 saturated heterocycles. The highest BCUT2D eigenvalue weighted by Crippen LogP contribution is 2.48. The molecule has 0 spiro atoms. The van der Waals surface area contributed by atoms with Crippen LogP contribution < -0.4 is 10.1 Å². The number of rotatable bonds is 9. The minimum atomic E-state index is -1.74. The number of aromatic nitrogens is 1. The smallest absolute Gasteiger partial charge is 0.217 e. The molecule has 0 fully saturated rings. The van der Waals surface area contributed by atoms with E-state index < -0.39 is 23.2 Å². The highest BCUT2D eigenvalue weighted by molar-refractivity contribution is 9.10. The van der Waals surface area contributed by atoms with Gasteiger partial charge in [0.25, 0.3) is 0 Å². The predicted octanol–water partition coefficient (Wildman–Crippen LogP) is 6.30. The quantitative estimate of drug-likeness (QED) is 0.244. The number of halogens is 3. The van der Waals surface area contributed by atoms with Gasteiger partial charge in [0, 0.05) is 33.0 Å². The van der Waals surface area contributed by atoms with Crippen molar-refractivity contribution in [2.45, 2.75) is 24.9 Å². The Morgan fingerprint density at radius 2 is 1.83 bits per heavy atom. The number of pyridine rings is 1. The summed E-state index contributed by atoms with van der Waals surface area (Å²) in [6.45, 7) is 3.06. The number of benzene rings is 3. The third kappa shape index (κ3) is 5.22. The van der Waals surface area contributed by atoms with E-state index in [1.54, 1.807) is 0 Å². The van der Waals surface area contributed by atoms with Crippen LogP contribution in [0.3, 0.4) is 0 Å². The van der Waals surface area contributed by atoms with Gasteiger partial charge in [0.2, 0.25) is 5.88 Å². The molecule has 0 saturated carbocycles. The van der Waals surface area contributed by atoms with Crippen LogP contribution in [-0.4, -0.2) is 30.3 Å². The van der Waals surface area contributed by atoms with Gasteiger partial charge < -0.3 is 15.2 Å². The molecule has 1 aromatic heterocycles. The summed E-state index contributed by atoms with van der Waals surface area (Å²) < 4.78 is 35.7. The van der Waals surface area contributed by atoms with E-state index in [0.717, 1.165) is 27.0 Å². The molecule has 4 nitrogen and oxygen atoms in total. The van der Waals surface area contributed by atoms with Gasteiger partial charge in [0.05, 0.1) is 12.6 Å². The van der Waals surface area contributed by atoms with Crippen molar-refractivity contribution in [3.05, 3.63) is 106 Å². The van der Waals surface area contributed by atoms with E-state index in [1.165, 1.54) is 19.2 Å². The molecule has 0 aliphatic rings. The lowest BCUT2D eigenvalue weighted by atomic mass is 9.71. The first kappa shape index (κ1) is 25.2. The Balaban J connectivity index is 2.02. The first-order valence-corrected chi connectivity index (χ1v) is 12.2. The number of ether oxygens (including phenoxy) is 1. The lowest BCUT2D eigenvalue weighted by molar-refractivity contribution is 0.00668. The Morgan fingerprint density at radius 3 is 2.51 bits per heavy atom. The van der Waals surface area contributed by atoms with E-state index >= 15 is 4.39 Å². The molecule has 0 radical (unpaired) electrons. The van der Waals surface area contributed by atoms with Gasteiger partial charge in [-0.3, -0.25) is 0 Å². The Labute approximate surface area is 212 Å². The van der Waals surface area contributed by atoms with E-state index in [4.69, 9.17) is 9.72 Å². The zero-order valence-corrected chi connectivity index (χ0v) is 21.1. The molecule has 2 atom stereocenters. The van der Waals surface area contributed by atoms with Gasteiger partial charge in [0.1, 0.15) is 17.2 Å². The number of methoxy groups -OCH3 is 1. The van der Waals surface area contributed by atoms with Crippen LogP contribution in [0.5, 0.6) is 5.88 Å². The Hall–Kier alpha value is -2.87. The average molecular weight is 541 g/mol. The molecule has 4 rings (SSSR count). The van der Waals surface area contributed by atoms with Gasteiger partial charge in [0.15, 0.2) is 0 Å². The van der Waals surface area contributed by atoms with Crippen molar-refractivity contribution in [1.29, 1.82) is 0 Å². The molecular weight excluding hydrogens is 514 g/mol. The lowest BCUT2D eigenvalue weighted by Gasteiger charge is -2.38. The summed E-state index contributed by atoms with van der Waals surface area (Å²) in [5.41, 5.74) is 0.360. The maximum Gasteiger partial charge on any atom is 0.217 e. The first-order valence-electron chi connectivity index (χ1n) is 11.4. The van der Waals surface area contributed by atoms with Crippen molar-refractivity contribution in [3.63, 3.8) is 0 Å². The average Bonchev–Trinajstić information content (AvgIpc) is 2.84. The Morgan fingerprint density at radius 1 is 1.06 bits per heavy atom. The van der Waals surface area contributed by atoms with Gasteiger partial charge in [-0.2, -0.15) is 0 Å². The van der Waals surface area contributed by atoms with Crippen LogP contribution in [-0.2, 0) is 5.60 Å². The second kappa shape index (κ2) is 10.8. The number of fused-ring (bicyclic) bond motifs is 1. The molecule has 0 amide bonds. The molecule has 1 heterocycles. The van der Waals surface area contributed by atoms with Crippen LogP contribution in [0.15, 0.2) is 77.3 Å². The maximum atomic E-state index is 15.3. The third-order valence-corrected chi connectivity index (χ3v) is 6.71. The van der Waals surface area contributed by atoms with Gasteiger partial charge in [-0.25, -0.2) is 13.8 Å². The van der Waals surface area contributed by atoms with Crippen LogP contribution in [0.2, 0.25) is 0 Å². The number of hydrogen-bond donors (Lipinski definition) is 2. The molecule has 0 bridgehead atoms. The van der Waals surface area contributed by atoms with Gasteiger partial charge in [-0.05, 0) is 55.4 Å². The molecule has 0 aliphatic carbocycles. The van der Waals surface area contributed by atoms with E-state index in [0.29, 0.717) is 24.5 Å². The minimum absolute atomic E-state index is 0.0158. The molecule has 1 unspecified atom stereocenters. The molecular formula is C28H27BrF2N2O2. The topological polar surface area (TPSA) is 54.4 Å². The normalized spacial score (nSPS) is 14.0. The molecule has 35 heavy (non-hydrogen) atoms. The number of nitrogens with zero attached hydrogens (tertiary/aromatic N) is 1. The predicted molar refractivity (Wildman–Crippen MR) is 138 cm³/mol. The summed E-state index contributed by atoms with van der Waals surface area (Å²) in [4.78, 5) is 4.70. The highest BCUT2D eigenvalue weighted by atomic mass is 79.9. The van der Waals surface area contributed by atoms with Crippen LogP contribution in [0.4, 0.5) is 8.78 Å². The van der Waals surface area contributed by atoms with Crippen molar-refractivity contribution in [2.24, 2.45) is 0 Å². The van der Waals surface area contributed by atoms with Crippen LogP contribution >= 0.6 is 15.9 Å². The molecule has 3 aromatic carbocycles. The monoisotopic (exact) mass is 540 g/mol. The van der Waals surface area contributed by atoms with Crippen LogP contribution in [0.25, 0.3) is 10.9 Å². The van der Waals surface area contributed by atoms with Gasteiger partial charge in [-0.15, -0.1) is 0 Å². The fourth-order valence-electron chi connectivity index (χ4n) is 4.61. The SMILES string of the molecule is CCNCC[C@@](O)(c1ccc(F)cc1F)C(c1ccccc1)c1cc2cc(Br)ccc2nc1OC. The van der Waals surface area contributed by atoms with Crippen molar-refractivity contribution < 1.29 is 18.6 Å². The summed E-state index contributed by atoms with van der Waals surface area (Å²) in [5.74, 6) is -1.93. The van der Waals surface area contributed by atoms with Crippen molar-refractivity contribution in [1.82, 2.24) is 10.3 Å². The summed E-state index contributed by atoms with van der Waals surface area (Å²) >= 11 is 3.51. The fourth-order valence-corrected chi connectivity index (χ4v) is 4.98. The Kier molecular flexibility index (Phi) is 7.79. The van der Waals surface area contributed by atoms with Crippen molar-refractivity contribution >= 4 is 26.8 Å². The van der Waals surface area contributed by atoms with Crippen LogP contribution in [0.1, 0.15) is 36.0 Å².